The van der Waals surface area contributed by atoms with Crippen molar-refractivity contribution in [2.24, 2.45) is 0 Å². The number of nitrogens with zero attached hydrogens (tertiary/aromatic N) is 6. The van der Waals surface area contributed by atoms with Crippen LogP contribution in [0.25, 0.3) is 0 Å². The smallest absolute Gasteiger partial charge is 0.225 e. The van der Waals surface area contributed by atoms with Gasteiger partial charge in [0.1, 0.15) is 11.3 Å². The van der Waals surface area contributed by atoms with Gasteiger partial charge in [-0.15, -0.1) is 5.10 Å². The van der Waals surface area contributed by atoms with Crippen LogP contribution in [-0.4, -0.2) is 43.2 Å². The van der Waals surface area contributed by atoms with Crippen molar-refractivity contribution < 1.29 is 9.50 Å². The van der Waals surface area contributed by atoms with Gasteiger partial charge in [0, 0.05) is 12.6 Å². The molecule has 22 heavy (non-hydrogen) atoms. The van der Waals surface area contributed by atoms with E-state index in [0.717, 1.165) is 18.8 Å². The van der Waals surface area contributed by atoms with Crippen molar-refractivity contribution in [2.75, 3.05) is 18.0 Å². The van der Waals surface area contributed by atoms with Crippen LogP contribution in [0.2, 0.25) is 0 Å². The maximum atomic E-state index is 12.9. The van der Waals surface area contributed by atoms with Gasteiger partial charge < -0.3 is 10.0 Å². The number of piperidine rings is 1. The van der Waals surface area contributed by atoms with Crippen molar-refractivity contribution in [3.05, 3.63) is 30.1 Å². The standard InChI is InChI=1S/C14H19FN6O/c1-10(2)21-8-12(18-19-21)14(22)4-3-5-20(9-14)13-16-6-11(15)7-17-13/h6-8,10,22H,3-5,9H2,1-2H3/t14-/m1/s1. The first-order chi connectivity index (χ1) is 10.5. The zero-order chi connectivity index (χ0) is 15.7. The molecule has 0 radical (unpaired) electrons. The Hall–Kier alpha value is -2.09. The summed E-state index contributed by atoms with van der Waals surface area (Å²) in [6.45, 7) is 5.03. The summed E-state index contributed by atoms with van der Waals surface area (Å²) in [5.74, 6) is -0.0633. The van der Waals surface area contributed by atoms with E-state index in [1.54, 1.807) is 10.9 Å². The lowest BCUT2D eigenvalue weighted by molar-refractivity contribution is 0.0172. The van der Waals surface area contributed by atoms with E-state index in [0.29, 0.717) is 31.2 Å². The Morgan fingerprint density at radius 3 is 2.68 bits per heavy atom. The third-order valence-corrected chi connectivity index (χ3v) is 3.88. The van der Waals surface area contributed by atoms with E-state index >= 15 is 0 Å². The van der Waals surface area contributed by atoms with Gasteiger partial charge in [-0.25, -0.2) is 19.0 Å². The quantitative estimate of drug-likeness (QED) is 0.920. The lowest BCUT2D eigenvalue weighted by atomic mass is 9.90. The summed E-state index contributed by atoms with van der Waals surface area (Å²) < 4.78 is 14.7. The van der Waals surface area contributed by atoms with Crippen molar-refractivity contribution in [1.82, 2.24) is 25.0 Å². The van der Waals surface area contributed by atoms with E-state index in [9.17, 15) is 9.50 Å². The van der Waals surface area contributed by atoms with E-state index < -0.39 is 11.4 Å². The summed E-state index contributed by atoms with van der Waals surface area (Å²) in [6.07, 6.45) is 5.41. The minimum absolute atomic E-state index is 0.185. The predicted octanol–water partition coefficient (Wildman–Crippen LogP) is 1.28. The van der Waals surface area contributed by atoms with Gasteiger partial charge in [0.15, 0.2) is 5.82 Å². The van der Waals surface area contributed by atoms with Crippen molar-refractivity contribution in [3.63, 3.8) is 0 Å². The van der Waals surface area contributed by atoms with Crippen LogP contribution in [0, 0.1) is 5.82 Å². The third kappa shape index (κ3) is 2.78. The highest BCUT2D eigenvalue weighted by atomic mass is 19.1. The molecule has 1 atom stereocenters. The Labute approximate surface area is 127 Å². The van der Waals surface area contributed by atoms with Crippen molar-refractivity contribution in [3.8, 4) is 0 Å². The molecule has 1 fully saturated rings. The largest absolute Gasteiger partial charge is 0.382 e. The third-order valence-electron chi connectivity index (χ3n) is 3.88. The molecule has 0 spiro atoms. The molecule has 1 aliphatic heterocycles. The zero-order valence-electron chi connectivity index (χ0n) is 12.6. The highest BCUT2D eigenvalue weighted by Gasteiger charge is 2.38. The minimum Gasteiger partial charge on any atom is -0.382 e. The van der Waals surface area contributed by atoms with Crippen LogP contribution < -0.4 is 4.90 Å². The molecule has 3 rings (SSSR count). The molecule has 1 saturated heterocycles. The summed E-state index contributed by atoms with van der Waals surface area (Å²) in [7, 11) is 0. The summed E-state index contributed by atoms with van der Waals surface area (Å²) in [4.78, 5) is 9.81. The summed E-state index contributed by atoms with van der Waals surface area (Å²) >= 11 is 0. The Morgan fingerprint density at radius 2 is 2.05 bits per heavy atom. The second kappa shape index (κ2) is 5.60. The number of hydrogen-bond donors (Lipinski definition) is 1. The lowest BCUT2D eigenvalue weighted by Crippen LogP contribution is -2.47. The number of hydrogen-bond acceptors (Lipinski definition) is 6. The summed E-state index contributed by atoms with van der Waals surface area (Å²) in [6, 6.07) is 0.185. The van der Waals surface area contributed by atoms with Gasteiger partial charge in [0.05, 0.1) is 25.1 Å². The van der Waals surface area contributed by atoms with Crippen molar-refractivity contribution in [2.45, 2.75) is 38.3 Å². The van der Waals surface area contributed by atoms with E-state index in [1.807, 2.05) is 18.7 Å². The van der Waals surface area contributed by atoms with E-state index in [2.05, 4.69) is 20.3 Å². The zero-order valence-corrected chi connectivity index (χ0v) is 12.6. The van der Waals surface area contributed by atoms with Crippen LogP contribution in [0.5, 0.6) is 0 Å². The monoisotopic (exact) mass is 306 g/mol. The Balaban J connectivity index is 1.82. The van der Waals surface area contributed by atoms with Gasteiger partial charge in [0.2, 0.25) is 5.95 Å². The van der Waals surface area contributed by atoms with Crippen molar-refractivity contribution >= 4 is 5.95 Å². The number of aliphatic hydroxyl groups is 1. The fraction of sp³-hybridized carbons (Fsp3) is 0.571. The highest BCUT2D eigenvalue weighted by Crippen LogP contribution is 2.31. The average molecular weight is 306 g/mol. The minimum atomic E-state index is -1.09. The topological polar surface area (TPSA) is 80.0 Å². The molecular formula is C14H19FN6O. The number of rotatable bonds is 3. The number of anilines is 1. The molecule has 3 heterocycles. The van der Waals surface area contributed by atoms with Crippen LogP contribution >= 0.6 is 0 Å². The molecule has 118 valence electrons. The second-order valence-corrected chi connectivity index (χ2v) is 5.94. The molecule has 7 nitrogen and oxygen atoms in total. The first-order valence-corrected chi connectivity index (χ1v) is 7.35. The van der Waals surface area contributed by atoms with Crippen molar-refractivity contribution in [1.29, 1.82) is 0 Å². The van der Waals surface area contributed by atoms with E-state index in [4.69, 9.17) is 0 Å². The highest BCUT2D eigenvalue weighted by molar-refractivity contribution is 5.32. The summed E-state index contributed by atoms with van der Waals surface area (Å²) in [5, 5.41) is 19.1. The molecule has 0 saturated carbocycles. The molecule has 8 heteroatoms. The fourth-order valence-electron chi connectivity index (χ4n) is 2.63. The van der Waals surface area contributed by atoms with Crippen LogP contribution in [0.4, 0.5) is 10.3 Å². The normalized spacial score (nSPS) is 22.3. The molecule has 0 aromatic carbocycles. The molecule has 0 unspecified atom stereocenters. The summed E-state index contributed by atoms with van der Waals surface area (Å²) in [5.41, 5.74) is -0.545. The lowest BCUT2D eigenvalue weighted by Gasteiger charge is -2.37. The van der Waals surface area contributed by atoms with Gasteiger partial charge >= 0.3 is 0 Å². The number of halogens is 1. The Bertz CT molecular complexity index is 643. The first-order valence-electron chi connectivity index (χ1n) is 7.35. The van der Waals surface area contributed by atoms with Gasteiger partial charge in [-0.05, 0) is 26.7 Å². The SMILES string of the molecule is CC(C)n1cc([C@@]2(O)CCCN(c3ncc(F)cn3)C2)nn1. The maximum Gasteiger partial charge on any atom is 0.225 e. The van der Waals surface area contributed by atoms with Gasteiger partial charge in [-0.2, -0.15) is 0 Å². The average Bonchev–Trinajstić information content (AvgIpc) is 2.99. The van der Waals surface area contributed by atoms with Gasteiger partial charge in [-0.3, -0.25) is 0 Å². The molecule has 1 N–H and O–H groups in total. The molecule has 0 bridgehead atoms. The fourth-order valence-corrected chi connectivity index (χ4v) is 2.63. The van der Waals surface area contributed by atoms with Crippen LogP contribution in [0.3, 0.4) is 0 Å². The molecule has 0 aliphatic carbocycles. The van der Waals surface area contributed by atoms with Gasteiger partial charge in [-0.1, -0.05) is 5.21 Å². The predicted molar refractivity (Wildman–Crippen MR) is 77.7 cm³/mol. The van der Waals surface area contributed by atoms with Crippen LogP contribution in [0.1, 0.15) is 38.4 Å². The van der Waals surface area contributed by atoms with Crippen LogP contribution in [0.15, 0.2) is 18.6 Å². The molecule has 1 aliphatic rings. The van der Waals surface area contributed by atoms with E-state index in [-0.39, 0.29) is 6.04 Å². The molecule has 0 amide bonds. The number of aromatic nitrogens is 5. The second-order valence-electron chi connectivity index (χ2n) is 5.94. The Kier molecular flexibility index (Phi) is 3.78. The van der Waals surface area contributed by atoms with Crippen LogP contribution in [-0.2, 0) is 5.60 Å². The first kappa shape index (κ1) is 14.8. The Morgan fingerprint density at radius 1 is 1.32 bits per heavy atom. The van der Waals surface area contributed by atoms with Gasteiger partial charge in [0.25, 0.3) is 0 Å². The number of β-amino-alcohol motifs (C(OH)–C–C–N with tert-alkyl or cyclic N) is 1. The molecule has 2 aromatic heterocycles. The molecule has 2 aromatic rings. The van der Waals surface area contributed by atoms with E-state index in [1.165, 1.54) is 0 Å². The maximum absolute atomic E-state index is 12.9. The molecular weight excluding hydrogens is 287 g/mol.